The molecule has 19 heavy (non-hydrogen) atoms. The largest absolute Gasteiger partial charge is 0.353 e. The third-order valence-electron chi connectivity index (χ3n) is 2.51. The molecule has 0 fully saturated rings. The Morgan fingerprint density at radius 2 is 1.89 bits per heavy atom. The summed E-state index contributed by atoms with van der Waals surface area (Å²) in [5.74, 6) is -0.166. The van der Waals surface area contributed by atoms with Gasteiger partial charge in [0, 0.05) is 26.1 Å². The Bertz CT molecular complexity index is 380. The summed E-state index contributed by atoms with van der Waals surface area (Å²) in [5, 5.41) is 2.63. The van der Waals surface area contributed by atoms with E-state index in [4.69, 9.17) is 0 Å². The number of carbonyl (C=O) groups excluding carboxylic acids is 1. The summed E-state index contributed by atoms with van der Waals surface area (Å²) in [6, 6.07) is 0. The minimum absolute atomic E-state index is 0.166. The van der Waals surface area contributed by atoms with Crippen LogP contribution < -0.4 is 5.32 Å². The molecule has 0 saturated heterocycles. The fourth-order valence-electron chi connectivity index (χ4n) is 1.51. The van der Waals surface area contributed by atoms with Gasteiger partial charge in [-0.25, -0.2) is 12.7 Å². The van der Waals surface area contributed by atoms with Gasteiger partial charge in [-0.1, -0.05) is 6.08 Å². The quantitative estimate of drug-likeness (QED) is 0.570. The maximum atomic E-state index is 11.6. The first kappa shape index (κ1) is 18.1. The van der Waals surface area contributed by atoms with Crippen LogP contribution in [-0.2, 0) is 14.8 Å². The van der Waals surface area contributed by atoms with E-state index < -0.39 is 10.0 Å². The molecule has 0 aliphatic carbocycles. The lowest BCUT2D eigenvalue weighted by molar-refractivity contribution is -0.121. The second-order valence-corrected chi connectivity index (χ2v) is 6.64. The molecule has 0 aromatic rings. The van der Waals surface area contributed by atoms with Crippen molar-refractivity contribution in [1.29, 1.82) is 0 Å². The number of amides is 1. The molecule has 0 radical (unpaired) electrons. The van der Waals surface area contributed by atoms with E-state index >= 15 is 0 Å². The number of carbonyl (C=O) groups is 1. The fourth-order valence-corrected chi connectivity index (χ4v) is 2.39. The number of rotatable bonds is 10. The maximum absolute atomic E-state index is 11.6. The first-order chi connectivity index (χ1) is 8.77. The molecule has 1 amide bonds. The van der Waals surface area contributed by atoms with Gasteiger partial charge in [-0.2, -0.15) is 0 Å². The fraction of sp³-hybridized carbons (Fsp3) is 0.750. The average molecular weight is 291 g/mol. The Labute approximate surface area is 116 Å². The zero-order valence-electron chi connectivity index (χ0n) is 12.1. The summed E-state index contributed by atoms with van der Waals surface area (Å²) in [6.07, 6.45) is 3.67. The van der Waals surface area contributed by atoms with Gasteiger partial charge in [0.1, 0.15) is 0 Å². The Kier molecular flexibility index (Phi) is 8.62. The molecule has 0 saturated carbocycles. The Morgan fingerprint density at radius 1 is 1.26 bits per heavy atom. The SMILES string of the molecule is C=CCNC(=O)CCN(CCCN(C)C)S(C)(=O)=O. The molecule has 112 valence electrons. The van der Waals surface area contributed by atoms with Crippen LogP contribution in [-0.4, -0.2) is 70.1 Å². The second kappa shape index (κ2) is 9.06. The number of nitrogens with one attached hydrogen (secondary N) is 1. The zero-order chi connectivity index (χ0) is 14.9. The van der Waals surface area contributed by atoms with Crippen molar-refractivity contribution >= 4 is 15.9 Å². The van der Waals surface area contributed by atoms with Crippen molar-refractivity contribution in [3.05, 3.63) is 12.7 Å². The van der Waals surface area contributed by atoms with Crippen molar-refractivity contribution in [2.75, 3.05) is 46.5 Å². The normalized spacial score (nSPS) is 11.8. The van der Waals surface area contributed by atoms with Crippen LogP contribution in [0.1, 0.15) is 12.8 Å². The monoisotopic (exact) mass is 291 g/mol. The lowest BCUT2D eigenvalue weighted by atomic mass is 10.3. The number of sulfonamides is 1. The highest BCUT2D eigenvalue weighted by Crippen LogP contribution is 2.02. The summed E-state index contributed by atoms with van der Waals surface area (Å²) in [5.41, 5.74) is 0. The van der Waals surface area contributed by atoms with Gasteiger partial charge < -0.3 is 10.2 Å². The van der Waals surface area contributed by atoms with Gasteiger partial charge in [0.25, 0.3) is 0 Å². The van der Waals surface area contributed by atoms with Crippen LogP contribution in [0.25, 0.3) is 0 Å². The van der Waals surface area contributed by atoms with Crippen molar-refractivity contribution in [2.45, 2.75) is 12.8 Å². The molecule has 0 atom stereocenters. The van der Waals surface area contributed by atoms with Gasteiger partial charge >= 0.3 is 0 Å². The van der Waals surface area contributed by atoms with E-state index in [-0.39, 0.29) is 18.9 Å². The third-order valence-corrected chi connectivity index (χ3v) is 3.82. The molecule has 0 unspecified atom stereocenters. The van der Waals surface area contributed by atoms with Gasteiger partial charge in [-0.15, -0.1) is 6.58 Å². The van der Waals surface area contributed by atoms with E-state index in [1.807, 2.05) is 19.0 Å². The molecule has 0 aliphatic rings. The van der Waals surface area contributed by atoms with Crippen LogP contribution in [0.4, 0.5) is 0 Å². The predicted molar refractivity (Wildman–Crippen MR) is 77.4 cm³/mol. The second-order valence-electron chi connectivity index (χ2n) is 4.66. The Hall–Kier alpha value is -0.920. The van der Waals surface area contributed by atoms with Gasteiger partial charge in [-0.05, 0) is 27.1 Å². The topological polar surface area (TPSA) is 69.7 Å². The van der Waals surface area contributed by atoms with Crippen molar-refractivity contribution in [3.8, 4) is 0 Å². The lowest BCUT2D eigenvalue weighted by Crippen LogP contribution is -2.36. The molecule has 0 heterocycles. The molecule has 0 aromatic carbocycles. The van der Waals surface area contributed by atoms with Crippen LogP contribution in [0.3, 0.4) is 0 Å². The summed E-state index contributed by atoms with van der Waals surface area (Å²) in [6.45, 7) is 5.37. The van der Waals surface area contributed by atoms with E-state index in [0.29, 0.717) is 13.1 Å². The lowest BCUT2D eigenvalue weighted by Gasteiger charge is -2.20. The van der Waals surface area contributed by atoms with Gasteiger partial charge in [-0.3, -0.25) is 4.79 Å². The van der Waals surface area contributed by atoms with E-state index in [9.17, 15) is 13.2 Å². The number of nitrogens with zero attached hydrogens (tertiary/aromatic N) is 2. The molecule has 6 nitrogen and oxygen atoms in total. The molecule has 7 heteroatoms. The highest BCUT2D eigenvalue weighted by Gasteiger charge is 2.17. The predicted octanol–water partition coefficient (Wildman–Crippen LogP) is -0.108. The summed E-state index contributed by atoms with van der Waals surface area (Å²) in [7, 11) is 0.612. The molecular weight excluding hydrogens is 266 g/mol. The zero-order valence-corrected chi connectivity index (χ0v) is 12.9. The maximum Gasteiger partial charge on any atom is 0.221 e. The molecule has 0 rings (SSSR count). The molecule has 0 spiro atoms. The summed E-state index contributed by atoms with van der Waals surface area (Å²) < 4.78 is 24.5. The highest BCUT2D eigenvalue weighted by atomic mass is 32.2. The smallest absolute Gasteiger partial charge is 0.221 e. The minimum atomic E-state index is -3.26. The molecule has 0 aliphatic heterocycles. The molecule has 0 aromatic heterocycles. The summed E-state index contributed by atoms with van der Waals surface area (Å²) >= 11 is 0. The summed E-state index contributed by atoms with van der Waals surface area (Å²) in [4.78, 5) is 13.4. The van der Waals surface area contributed by atoms with Crippen LogP contribution >= 0.6 is 0 Å². The molecule has 1 N–H and O–H groups in total. The van der Waals surface area contributed by atoms with Crippen molar-refractivity contribution < 1.29 is 13.2 Å². The highest BCUT2D eigenvalue weighted by molar-refractivity contribution is 7.88. The van der Waals surface area contributed by atoms with Crippen LogP contribution in [0.2, 0.25) is 0 Å². The van der Waals surface area contributed by atoms with Crippen molar-refractivity contribution in [1.82, 2.24) is 14.5 Å². The Morgan fingerprint density at radius 3 is 2.37 bits per heavy atom. The number of hydrogen-bond acceptors (Lipinski definition) is 4. The van der Waals surface area contributed by atoms with Crippen molar-refractivity contribution in [2.24, 2.45) is 0 Å². The first-order valence-corrected chi connectivity index (χ1v) is 8.09. The first-order valence-electron chi connectivity index (χ1n) is 6.24. The van der Waals surface area contributed by atoms with Gasteiger partial charge in [0.05, 0.1) is 6.26 Å². The molecule has 0 bridgehead atoms. The van der Waals surface area contributed by atoms with Crippen molar-refractivity contribution in [3.63, 3.8) is 0 Å². The van der Waals surface area contributed by atoms with E-state index in [1.54, 1.807) is 6.08 Å². The number of hydrogen-bond donors (Lipinski definition) is 1. The van der Waals surface area contributed by atoms with Crippen LogP contribution in [0.5, 0.6) is 0 Å². The van der Waals surface area contributed by atoms with E-state index in [1.165, 1.54) is 10.6 Å². The Balaban J connectivity index is 4.22. The van der Waals surface area contributed by atoms with Gasteiger partial charge in [0.2, 0.25) is 15.9 Å². The minimum Gasteiger partial charge on any atom is -0.353 e. The average Bonchev–Trinajstić information content (AvgIpc) is 2.28. The third kappa shape index (κ3) is 9.63. The van der Waals surface area contributed by atoms with E-state index in [2.05, 4.69) is 11.9 Å². The van der Waals surface area contributed by atoms with Crippen LogP contribution in [0.15, 0.2) is 12.7 Å². The van der Waals surface area contributed by atoms with Gasteiger partial charge in [0.15, 0.2) is 0 Å². The van der Waals surface area contributed by atoms with E-state index in [0.717, 1.165) is 13.0 Å². The van der Waals surface area contributed by atoms with Crippen LogP contribution in [0, 0.1) is 0 Å². The molecular formula is C12H25N3O3S. The standard InChI is InChI=1S/C12H25N3O3S/c1-5-8-13-12(16)7-11-15(19(4,17)18)10-6-9-14(2)3/h5H,1,6-11H2,2-4H3,(H,13,16).